The summed E-state index contributed by atoms with van der Waals surface area (Å²) in [5, 5.41) is 3.59. The van der Waals surface area contributed by atoms with Crippen LogP contribution in [0.5, 0.6) is 0 Å². The molecule has 0 aliphatic carbocycles. The van der Waals surface area contributed by atoms with Gasteiger partial charge in [0.05, 0.1) is 0 Å². The standard InChI is InChI=1S/C24H20Br2N2O/c25-19-12-10-17(11-13-19)23-16-20(27-22-9-5-4-8-21(22)26)14-15-28(23)24(29)18-6-2-1-3-7-18/h1-13,16,20,27H,14-15H2. The van der Waals surface area contributed by atoms with Gasteiger partial charge in [-0.3, -0.25) is 4.79 Å². The van der Waals surface area contributed by atoms with Gasteiger partial charge in [-0.25, -0.2) is 0 Å². The number of carbonyl (C=O) groups excluding carboxylic acids is 1. The smallest absolute Gasteiger partial charge is 0.258 e. The van der Waals surface area contributed by atoms with Gasteiger partial charge >= 0.3 is 0 Å². The Labute approximate surface area is 187 Å². The number of halogens is 2. The Morgan fingerprint density at radius 2 is 1.59 bits per heavy atom. The number of nitrogens with zero attached hydrogens (tertiary/aromatic N) is 1. The zero-order valence-corrected chi connectivity index (χ0v) is 18.9. The molecule has 0 fully saturated rings. The van der Waals surface area contributed by atoms with E-state index in [4.69, 9.17) is 0 Å². The van der Waals surface area contributed by atoms with E-state index in [1.807, 2.05) is 77.7 Å². The van der Waals surface area contributed by atoms with Gasteiger partial charge in [0.25, 0.3) is 5.91 Å². The molecule has 0 radical (unpaired) electrons. The first kappa shape index (κ1) is 19.9. The van der Waals surface area contributed by atoms with Crippen LogP contribution in [0.1, 0.15) is 22.3 Å². The fraction of sp³-hybridized carbons (Fsp3) is 0.125. The Balaban J connectivity index is 1.68. The number of rotatable bonds is 4. The van der Waals surface area contributed by atoms with Crippen LogP contribution in [-0.2, 0) is 0 Å². The number of hydrogen-bond donors (Lipinski definition) is 1. The van der Waals surface area contributed by atoms with E-state index in [9.17, 15) is 4.79 Å². The minimum atomic E-state index is 0.0270. The second kappa shape index (κ2) is 8.97. The highest BCUT2D eigenvalue weighted by Crippen LogP contribution is 2.30. The van der Waals surface area contributed by atoms with Crippen LogP contribution in [0.15, 0.2) is 93.9 Å². The van der Waals surface area contributed by atoms with Gasteiger partial charge in [0.1, 0.15) is 0 Å². The second-order valence-corrected chi connectivity index (χ2v) is 8.67. The van der Waals surface area contributed by atoms with Crippen molar-refractivity contribution < 1.29 is 4.79 Å². The summed E-state index contributed by atoms with van der Waals surface area (Å²) < 4.78 is 2.04. The third-order valence-corrected chi connectivity index (χ3v) is 6.15. The molecule has 0 spiro atoms. The van der Waals surface area contributed by atoms with Crippen LogP contribution >= 0.6 is 31.9 Å². The van der Waals surface area contributed by atoms with E-state index < -0.39 is 0 Å². The first-order valence-corrected chi connectivity index (χ1v) is 11.1. The van der Waals surface area contributed by atoms with Crippen LogP contribution in [0.2, 0.25) is 0 Å². The number of anilines is 1. The van der Waals surface area contributed by atoms with Crippen molar-refractivity contribution >= 4 is 49.2 Å². The van der Waals surface area contributed by atoms with Gasteiger partial charge in [0.2, 0.25) is 0 Å². The quantitative estimate of drug-likeness (QED) is 0.429. The van der Waals surface area contributed by atoms with Crippen LogP contribution in [0.25, 0.3) is 5.70 Å². The minimum Gasteiger partial charge on any atom is -0.378 e. The number of benzene rings is 3. The first-order valence-electron chi connectivity index (χ1n) is 9.47. The highest BCUT2D eigenvalue weighted by molar-refractivity contribution is 9.10. The molecule has 1 N–H and O–H groups in total. The van der Waals surface area contributed by atoms with Crippen LogP contribution in [0, 0.1) is 0 Å². The molecule has 5 heteroatoms. The monoisotopic (exact) mass is 510 g/mol. The van der Waals surface area contributed by atoms with E-state index in [0.29, 0.717) is 12.1 Å². The average molecular weight is 512 g/mol. The summed E-state index contributed by atoms with van der Waals surface area (Å²) >= 11 is 7.10. The number of carbonyl (C=O) groups is 1. The zero-order valence-electron chi connectivity index (χ0n) is 15.7. The molecule has 3 aromatic rings. The summed E-state index contributed by atoms with van der Waals surface area (Å²) in [7, 11) is 0. The highest BCUT2D eigenvalue weighted by Gasteiger charge is 2.27. The maximum absolute atomic E-state index is 13.2. The van der Waals surface area contributed by atoms with Crippen molar-refractivity contribution in [3.05, 3.63) is 105 Å². The Morgan fingerprint density at radius 1 is 0.897 bits per heavy atom. The SMILES string of the molecule is O=C(c1ccccc1)N1CCC(Nc2ccccc2Br)C=C1c1ccc(Br)cc1. The van der Waals surface area contributed by atoms with Gasteiger partial charge in [-0.1, -0.05) is 58.4 Å². The van der Waals surface area contributed by atoms with E-state index in [1.54, 1.807) is 0 Å². The lowest BCUT2D eigenvalue weighted by molar-refractivity contribution is 0.0829. The number of para-hydroxylation sites is 1. The second-order valence-electron chi connectivity index (χ2n) is 6.90. The fourth-order valence-electron chi connectivity index (χ4n) is 3.46. The van der Waals surface area contributed by atoms with Crippen molar-refractivity contribution in [2.75, 3.05) is 11.9 Å². The molecule has 1 heterocycles. The lowest BCUT2D eigenvalue weighted by Crippen LogP contribution is -2.38. The number of amides is 1. The molecule has 3 aromatic carbocycles. The van der Waals surface area contributed by atoms with Crippen molar-refractivity contribution in [1.29, 1.82) is 0 Å². The third-order valence-electron chi connectivity index (χ3n) is 4.93. The van der Waals surface area contributed by atoms with Gasteiger partial charge in [0, 0.05) is 38.5 Å². The summed E-state index contributed by atoms with van der Waals surface area (Å²) in [6, 6.07) is 25.8. The van der Waals surface area contributed by atoms with Crippen LogP contribution in [0.3, 0.4) is 0 Å². The highest BCUT2D eigenvalue weighted by atomic mass is 79.9. The summed E-state index contributed by atoms with van der Waals surface area (Å²) in [5.74, 6) is 0.0270. The Kier molecular flexibility index (Phi) is 6.16. The molecule has 1 atom stereocenters. The maximum Gasteiger partial charge on any atom is 0.258 e. The molecule has 3 nitrogen and oxygen atoms in total. The molecule has 4 rings (SSSR count). The molecule has 0 saturated heterocycles. The summed E-state index contributed by atoms with van der Waals surface area (Å²) in [6.45, 7) is 0.651. The lowest BCUT2D eigenvalue weighted by atomic mass is 10.00. The molecule has 146 valence electrons. The van der Waals surface area contributed by atoms with Crippen molar-refractivity contribution in [2.45, 2.75) is 12.5 Å². The molecule has 1 unspecified atom stereocenters. The van der Waals surface area contributed by atoms with E-state index in [-0.39, 0.29) is 11.9 Å². The predicted molar refractivity (Wildman–Crippen MR) is 126 cm³/mol. The normalized spacial score (nSPS) is 16.3. The molecule has 0 aromatic heterocycles. The van der Waals surface area contributed by atoms with E-state index >= 15 is 0 Å². The minimum absolute atomic E-state index is 0.0270. The molecule has 1 aliphatic heterocycles. The molecule has 1 amide bonds. The topological polar surface area (TPSA) is 32.3 Å². The summed E-state index contributed by atoms with van der Waals surface area (Å²) in [4.78, 5) is 15.1. The third kappa shape index (κ3) is 4.62. The largest absolute Gasteiger partial charge is 0.378 e. The lowest BCUT2D eigenvalue weighted by Gasteiger charge is -2.33. The van der Waals surface area contributed by atoms with Crippen molar-refractivity contribution in [1.82, 2.24) is 4.90 Å². The Bertz CT molecular complexity index is 1030. The zero-order chi connectivity index (χ0) is 20.2. The molecule has 0 bridgehead atoms. The van der Waals surface area contributed by atoms with Crippen LogP contribution in [0.4, 0.5) is 5.69 Å². The summed E-state index contributed by atoms with van der Waals surface area (Å²) in [5.41, 5.74) is 3.71. The predicted octanol–water partition coefficient (Wildman–Crippen LogP) is 6.58. The van der Waals surface area contributed by atoms with Gasteiger partial charge in [-0.05, 0) is 70.4 Å². The Hall–Kier alpha value is -2.37. The molecule has 29 heavy (non-hydrogen) atoms. The van der Waals surface area contributed by atoms with Crippen molar-refractivity contribution in [3.63, 3.8) is 0 Å². The maximum atomic E-state index is 13.2. The van der Waals surface area contributed by atoms with E-state index in [2.05, 4.69) is 49.3 Å². The van der Waals surface area contributed by atoms with E-state index in [0.717, 1.165) is 32.3 Å². The summed E-state index contributed by atoms with van der Waals surface area (Å²) in [6.07, 6.45) is 2.99. The van der Waals surface area contributed by atoms with Crippen molar-refractivity contribution in [2.24, 2.45) is 0 Å². The molecular weight excluding hydrogens is 492 g/mol. The average Bonchev–Trinajstić information content (AvgIpc) is 2.76. The molecular formula is C24H20Br2N2O. The Morgan fingerprint density at radius 3 is 2.31 bits per heavy atom. The van der Waals surface area contributed by atoms with Crippen LogP contribution in [-0.4, -0.2) is 23.4 Å². The number of hydrogen-bond acceptors (Lipinski definition) is 2. The fourth-order valence-corrected chi connectivity index (χ4v) is 4.13. The van der Waals surface area contributed by atoms with Gasteiger partial charge in [-0.15, -0.1) is 0 Å². The van der Waals surface area contributed by atoms with E-state index in [1.165, 1.54) is 0 Å². The van der Waals surface area contributed by atoms with Gasteiger partial charge < -0.3 is 10.2 Å². The molecule has 1 aliphatic rings. The van der Waals surface area contributed by atoms with Gasteiger partial charge in [0.15, 0.2) is 0 Å². The van der Waals surface area contributed by atoms with Crippen LogP contribution < -0.4 is 5.32 Å². The molecule has 0 saturated carbocycles. The number of nitrogens with one attached hydrogen (secondary N) is 1. The van der Waals surface area contributed by atoms with Gasteiger partial charge in [-0.2, -0.15) is 0 Å². The first-order chi connectivity index (χ1) is 14.1. The van der Waals surface area contributed by atoms with Crippen molar-refractivity contribution in [3.8, 4) is 0 Å².